The molecular weight excluding hydrogens is 668 g/mol. The number of nitrogens with two attached hydrogens (primary N) is 1. The molecule has 1 aliphatic heterocycles. The van der Waals surface area contributed by atoms with Crippen molar-refractivity contribution in [1.29, 1.82) is 0 Å². The van der Waals surface area contributed by atoms with Gasteiger partial charge in [0.2, 0.25) is 0 Å². The third-order valence-electron chi connectivity index (χ3n) is 9.55. The molecule has 2 N–H and O–H groups in total. The Labute approximate surface area is 288 Å². The number of nitrogen functional groups attached to an aromatic ring is 1. The minimum atomic E-state index is -4.00. The Morgan fingerprint density at radius 2 is 1.48 bits per heavy atom. The van der Waals surface area contributed by atoms with Crippen LogP contribution < -0.4 is 16.2 Å². The lowest BCUT2D eigenvalue weighted by atomic mass is 10.1. The Morgan fingerprint density at radius 3 is 1.94 bits per heavy atom. The first-order valence-corrected chi connectivity index (χ1v) is 24.0. The molecule has 1 saturated heterocycles. The minimum absolute atomic E-state index is 0.0842. The van der Waals surface area contributed by atoms with Crippen LogP contribution in [0.4, 0.5) is 5.82 Å². The Morgan fingerprint density at radius 1 is 0.958 bits per heavy atom. The SMILES string of the molecule is CCOP(=O)(OCC)[C@H](/N=C/c1ccc(OC)cc1)[C@H]1O[C@@H](n2ccc(N)nc2=O)[C@H](O[Si](C)(C)C(C)(C)C)[C@@H]1O[Si](C)(C)C(C)(C)C. The van der Waals surface area contributed by atoms with E-state index in [1.165, 1.54) is 10.6 Å². The quantitative estimate of drug-likeness (QED) is 0.120. The van der Waals surface area contributed by atoms with Crippen molar-refractivity contribution in [3.05, 3.63) is 52.6 Å². The van der Waals surface area contributed by atoms with Crippen molar-refractivity contribution in [2.45, 2.75) is 122 Å². The second-order valence-electron chi connectivity index (χ2n) is 15.1. The van der Waals surface area contributed by atoms with E-state index in [9.17, 15) is 9.36 Å². The molecule has 0 aliphatic carbocycles. The fourth-order valence-electron chi connectivity index (χ4n) is 4.79. The minimum Gasteiger partial charge on any atom is -0.497 e. The Bertz CT molecular complexity index is 1490. The largest absolute Gasteiger partial charge is 0.497 e. The second-order valence-corrected chi connectivity index (χ2v) is 26.7. The highest BCUT2D eigenvalue weighted by Gasteiger charge is 2.59. The topological polar surface area (TPSA) is 146 Å². The number of ether oxygens (including phenoxy) is 2. The lowest BCUT2D eigenvalue weighted by Gasteiger charge is -2.44. The van der Waals surface area contributed by atoms with Crippen molar-refractivity contribution >= 4 is 36.3 Å². The zero-order valence-corrected chi connectivity index (χ0v) is 33.9. The summed E-state index contributed by atoms with van der Waals surface area (Å²) in [7, 11) is -7.52. The predicted octanol–water partition coefficient (Wildman–Crippen LogP) is 7.22. The molecular formula is C33H57N4O8PSi2. The molecule has 0 amide bonds. The van der Waals surface area contributed by atoms with Crippen molar-refractivity contribution in [1.82, 2.24) is 9.55 Å². The van der Waals surface area contributed by atoms with Gasteiger partial charge in [0, 0.05) is 12.4 Å². The molecule has 0 spiro atoms. The molecule has 1 aromatic carbocycles. The Hall–Kier alpha value is -2.17. The summed E-state index contributed by atoms with van der Waals surface area (Å²) in [4.78, 5) is 22.3. The van der Waals surface area contributed by atoms with Crippen LogP contribution in [-0.4, -0.2) is 76.8 Å². The Balaban J connectivity index is 2.34. The van der Waals surface area contributed by atoms with E-state index in [0.29, 0.717) is 5.75 Å². The van der Waals surface area contributed by atoms with Gasteiger partial charge in [-0.2, -0.15) is 4.98 Å². The van der Waals surface area contributed by atoms with E-state index in [-0.39, 0.29) is 29.1 Å². The number of hydrogen-bond donors (Lipinski definition) is 1. The normalized spacial score (nSPS) is 21.9. The van der Waals surface area contributed by atoms with Crippen LogP contribution in [0, 0.1) is 0 Å². The summed E-state index contributed by atoms with van der Waals surface area (Å²) >= 11 is 0. The zero-order chi connectivity index (χ0) is 36.3. The van der Waals surface area contributed by atoms with Crippen LogP contribution in [0.5, 0.6) is 5.75 Å². The fraction of sp³-hybridized carbons (Fsp3) is 0.667. The highest BCUT2D eigenvalue weighted by atomic mass is 31.2. The summed E-state index contributed by atoms with van der Waals surface area (Å²) < 4.78 is 54.5. The average Bonchev–Trinajstić information content (AvgIpc) is 3.28. The third kappa shape index (κ3) is 9.13. The number of rotatable bonds is 14. The summed E-state index contributed by atoms with van der Waals surface area (Å²) in [5.41, 5.74) is 6.02. The lowest BCUT2D eigenvalue weighted by molar-refractivity contribution is -0.0391. The van der Waals surface area contributed by atoms with Gasteiger partial charge < -0.3 is 33.1 Å². The van der Waals surface area contributed by atoms with E-state index in [4.69, 9.17) is 38.1 Å². The second kappa shape index (κ2) is 15.4. The molecule has 1 fully saturated rings. The number of nitrogens with zero attached hydrogens (tertiary/aromatic N) is 3. The average molecular weight is 725 g/mol. The molecule has 0 unspecified atom stereocenters. The van der Waals surface area contributed by atoms with E-state index in [2.05, 4.69) is 72.7 Å². The van der Waals surface area contributed by atoms with E-state index in [0.717, 1.165) is 5.56 Å². The number of aliphatic imine (C=N–C) groups is 1. The van der Waals surface area contributed by atoms with Gasteiger partial charge in [-0.15, -0.1) is 0 Å². The molecule has 48 heavy (non-hydrogen) atoms. The van der Waals surface area contributed by atoms with E-state index >= 15 is 0 Å². The van der Waals surface area contributed by atoms with E-state index < -0.39 is 60.2 Å². The maximum atomic E-state index is 14.8. The van der Waals surface area contributed by atoms with E-state index in [1.807, 2.05) is 24.3 Å². The van der Waals surface area contributed by atoms with Crippen LogP contribution in [0.15, 0.2) is 46.3 Å². The molecule has 0 bridgehead atoms. The van der Waals surface area contributed by atoms with Crippen molar-refractivity contribution in [2.24, 2.45) is 4.99 Å². The predicted molar refractivity (Wildman–Crippen MR) is 196 cm³/mol. The number of aromatic nitrogens is 2. The first-order chi connectivity index (χ1) is 22.1. The zero-order valence-electron chi connectivity index (χ0n) is 31.0. The first kappa shape index (κ1) is 40.3. The molecule has 0 saturated carbocycles. The van der Waals surface area contributed by atoms with Gasteiger partial charge in [0.05, 0.1) is 20.3 Å². The summed E-state index contributed by atoms with van der Waals surface area (Å²) in [6.45, 7) is 25.1. The third-order valence-corrected chi connectivity index (χ3v) is 20.8. The highest BCUT2D eigenvalue weighted by molar-refractivity contribution is 7.54. The number of hydrogen-bond acceptors (Lipinski definition) is 11. The van der Waals surface area contributed by atoms with Gasteiger partial charge in [-0.05, 0) is 86.0 Å². The van der Waals surface area contributed by atoms with E-state index in [1.54, 1.807) is 33.4 Å². The number of methoxy groups -OCH3 is 1. The number of anilines is 1. The van der Waals surface area contributed by atoms with Gasteiger partial charge in [0.25, 0.3) is 0 Å². The van der Waals surface area contributed by atoms with Crippen LogP contribution >= 0.6 is 7.60 Å². The molecule has 0 radical (unpaired) electrons. The van der Waals surface area contributed by atoms with Crippen molar-refractivity contribution in [2.75, 3.05) is 26.1 Å². The smallest absolute Gasteiger partial charge is 0.357 e. The van der Waals surface area contributed by atoms with Crippen molar-refractivity contribution in [3.8, 4) is 5.75 Å². The summed E-state index contributed by atoms with van der Waals surface area (Å²) in [6, 6.07) is 8.86. The molecule has 1 aromatic heterocycles. The van der Waals surface area contributed by atoms with Gasteiger partial charge in [-0.25, -0.2) is 4.79 Å². The van der Waals surface area contributed by atoms with Gasteiger partial charge in [-0.1, -0.05) is 41.5 Å². The molecule has 1 aliphatic rings. The molecule has 3 rings (SSSR count). The summed E-state index contributed by atoms with van der Waals surface area (Å²) in [6.07, 6.45) is -0.472. The van der Waals surface area contributed by atoms with Gasteiger partial charge in [0.1, 0.15) is 29.9 Å². The highest BCUT2D eigenvalue weighted by Crippen LogP contribution is 2.58. The molecule has 2 heterocycles. The van der Waals surface area contributed by atoms with Crippen molar-refractivity contribution < 1.29 is 31.9 Å². The maximum Gasteiger partial charge on any atom is 0.357 e. The fourth-order valence-corrected chi connectivity index (χ4v) is 9.31. The van der Waals surface area contributed by atoms with Crippen LogP contribution in [0.3, 0.4) is 0 Å². The molecule has 12 nitrogen and oxygen atoms in total. The first-order valence-electron chi connectivity index (χ1n) is 16.5. The lowest BCUT2D eigenvalue weighted by Crippen LogP contribution is -2.55. The molecule has 5 atom stereocenters. The maximum absolute atomic E-state index is 14.8. The standard InChI is InChI=1S/C33H57N4O8PSi2/c1-14-41-46(39,42-15-2)29(35-22-23-16-18-24(40-9)19-17-23)27-26(44-47(10,11)32(3,4)5)28(45-48(12,13)33(6,7)8)30(43-27)37-21-20-25(34)36-31(37)38/h16-22,26-30H,14-15H2,1-13H3,(H2,34,36,38)/b35-22+/t26-,27+,28-,29+,30-/m1/s1. The molecule has 15 heteroatoms. The van der Waals surface area contributed by atoms with Crippen LogP contribution in [0.25, 0.3) is 0 Å². The van der Waals surface area contributed by atoms with Crippen molar-refractivity contribution in [3.63, 3.8) is 0 Å². The summed E-state index contributed by atoms with van der Waals surface area (Å²) in [5, 5.41) is -0.401. The number of benzene rings is 1. The van der Waals surface area contributed by atoms with Gasteiger partial charge in [0.15, 0.2) is 28.6 Å². The van der Waals surface area contributed by atoms with Gasteiger partial charge >= 0.3 is 13.3 Å². The van der Waals surface area contributed by atoms with Gasteiger partial charge in [-0.3, -0.25) is 14.1 Å². The molecule has 270 valence electrons. The monoisotopic (exact) mass is 724 g/mol. The van der Waals surface area contributed by atoms with Crippen LogP contribution in [0.1, 0.15) is 67.2 Å². The molecule has 2 aromatic rings. The summed E-state index contributed by atoms with van der Waals surface area (Å²) in [5.74, 6) is -0.404. The van der Waals surface area contributed by atoms with Crippen LogP contribution in [0.2, 0.25) is 36.3 Å². The Kier molecular flexibility index (Phi) is 12.9. The van der Waals surface area contributed by atoms with Crippen LogP contribution in [-0.2, 0) is 27.2 Å².